The number of hydrogen-bond donors (Lipinski definition) is 1. The van der Waals surface area contributed by atoms with E-state index in [0.717, 1.165) is 12.8 Å². The maximum atomic E-state index is 13.1. The lowest BCUT2D eigenvalue weighted by Gasteiger charge is -2.32. The van der Waals surface area contributed by atoms with Crippen molar-refractivity contribution >= 4 is 23.6 Å². The van der Waals surface area contributed by atoms with Crippen molar-refractivity contribution in [2.24, 2.45) is 11.8 Å². The minimum absolute atomic E-state index is 0.154. The lowest BCUT2D eigenvalue weighted by atomic mass is 9.95. The van der Waals surface area contributed by atoms with Crippen molar-refractivity contribution in [3.05, 3.63) is 58.7 Å². The fourth-order valence-corrected chi connectivity index (χ4v) is 4.79. The molecule has 2 heterocycles. The van der Waals surface area contributed by atoms with E-state index in [1.54, 1.807) is 48.4 Å². The van der Waals surface area contributed by atoms with Crippen LogP contribution in [0.2, 0.25) is 0 Å². The summed E-state index contributed by atoms with van der Waals surface area (Å²) in [5.74, 6) is 0.471. The zero-order valence-electron chi connectivity index (χ0n) is 21.7. The van der Waals surface area contributed by atoms with Crippen LogP contribution in [-0.4, -0.2) is 73.8 Å². The third-order valence-corrected chi connectivity index (χ3v) is 6.86. The molecule has 2 aromatic rings. The number of hydrogen-bond acceptors (Lipinski definition) is 6. The number of piperidine rings is 1. The molecule has 0 aliphatic carbocycles. The average molecular weight is 508 g/mol. The second-order valence-corrected chi connectivity index (χ2v) is 9.89. The highest BCUT2D eigenvalue weighted by molar-refractivity contribution is 6.22. The number of ether oxygens (including phenoxy) is 2. The van der Waals surface area contributed by atoms with Gasteiger partial charge in [0.05, 0.1) is 25.3 Å². The Bertz CT molecular complexity index is 1220. The number of carbonyl (C=O) groups is 4. The van der Waals surface area contributed by atoms with Crippen LogP contribution >= 0.6 is 0 Å². The highest BCUT2D eigenvalue weighted by Gasteiger charge is 2.36. The average Bonchev–Trinajstić information content (AvgIpc) is 3.14. The van der Waals surface area contributed by atoms with Crippen LogP contribution in [0, 0.1) is 11.8 Å². The lowest BCUT2D eigenvalue weighted by Crippen LogP contribution is -2.41. The Balaban J connectivity index is 1.32. The van der Waals surface area contributed by atoms with Gasteiger partial charge in [0, 0.05) is 37.3 Å². The van der Waals surface area contributed by atoms with E-state index in [1.807, 2.05) is 13.8 Å². The Kier molecular flexibility index (Phi) is 7.80. The zero-order valence-corrected chi connectivity index (χ0v) is 21.7. The summed E-state index contributed by atoms with van der Waals surface area (Å²) in [4.78, 5) is 54.1. The number of nitrogens with zero attached hydrogens (tertiary/aromatic N) is 2. The lowest BCUT2D eigenvalue weighted by molar-refractivity contribution is 0.0635. The Morgan fingerprint density at radius 3 is 2.22 bits per heavy atom. The predicted molar refractivity (Wildman–Crippen MR) is 137 cm³/mol. The molecule has 4 rings (SSSR count). The number of carbonyl (C=O) groups excluding carboxylic acids is 4. The summed E-state index contributed by atoms with van der Waals surface area (Å²) in [6.07, 6.45) is 1.50. The predicted octanol–water partition coefficient (Wildman–Crippen LogP) is 3.24. The number of benzene rings is 2. The van der Waals surface area contributed by atoms with Gasteiger partial charge in [0.1, 0.15) is 0 Å². The van der Waals surface area contributed by atoms with Crippen molar-refractivity contribution in [2.75, 3.05) is 40.4 Å². The quantitative estimate of drug-likeness (QED) is 0.550. The van der Waals surface area contributed by atoms with Crippen LogP contribution in [0.15, 0.2) is 36.4 Å². The molecule has 0 bridgehead atoms. The molecule has 2 aromatic carbocycles. The number of likely N-dealkylation sites (tertiary alicyclic amines) is 1. The topological polar surface area (TPSA) is 105 Å². The summed E-state index contributed by atoms with van der Waals surface area (Å²) in [5.41, 5.74) is 1.55. The Morgan fingerprint density at radius 1 is 0.919 bits per heavy atom. The first-order valence-electron chi connectivity index (χ1n) is 12.5. The fourth-order valence-electron chi connectivity index (χ4n) is 4.79. The fraction of sp³-hybridized carbons (Fsp3) is 0.429. The molecule has 0 radical (unpaired) electrons. The molecule has 9 nitrogen and oxygen atoms in total. The summed E-state index contributed by atoms with van der Waals surface area (Å²) in [7, 11) is 3.07. The smallest absolute Gasteiger partial charge is 0.261 e. The van der Waals surface area contributed by atoms with Crippen LogP contribution in [-0.2, 0) is 0 Å². The standard InChI is InChI=1S/C28H33N3O6/c1-17(2)16-31-27(34)21-7-5-20(13-22(21)28(31)35)26(33)30-11-9-18(10-12-30)15-29-25(32)19-6-8-23(36-3)24(14-19)37-4/h5-8,13-14,17-18H,9-12,15-16H2,1-4H3,(H,29,32). The second-order valence-electron chi connectivity index (χ2n) is 9.89. The molecule has 0 atom stereocenters. The van der Waals surface area contributed by atoms with Gasteiger partial charge in [-0.3, -0.25) is 24.1 Å². The van der Waals surface area contributed by atoms with Gasteiger partial charge in [-0.1, -0.05) is 13.8 Å². The van der Waals surface area contributed by atoms with Gasteiger partial charge in [-0.15, -0.1) is 0 Å². The summed E-state index contributed by atoms with van der Waals surface area (Å²) in [5, 5.41) is 2.98. The molecule has 1 saturated heterocycles. The first kappa shape index (κ1) is 26.2. The van der Waals surface area contributed by atoms with Crippen LogP contribution in [0.4, 0.5) is 0 Å². The minimum atomic E-state index is -0.340. The van der Waals surface area contributed by atoms with E-state index >= 15 is 0 Å². The van der Waals surface area contributed by atoms with Crippen molar-refractivity contribution in [1.82, 2.24) is 15.1 Å². The molecule has 9 heteroatoms. The zero-order chi connectivity index (χ0) is 26.7. The second kappa shape index (κ2) is 11.0. The first-order chi connectivity index (χ1) is 17.7. The molecule has 0 aromatic heterocycles. The van der Waals surface area contributed by atoms with E-state index < -0.39 is 0 Å². The molecular weight excluding hydrogens is 474 g/mol. The van der Waals surface area contributed by atoms with Gasteiger partial charge in [-0.2, -0.15) is 0 Å². The molecular formula is C28H33N3O6. The van der Waals surface area contributed by atoms with Gasteiger partial charge in [-0.25, -0.2) is 0 Å². The summed E-state index contributed by atoms with van der Waals surface area (Å²) in [6, 6.07) is 9.79. The van der Waals surface area contributed by atoms with Crippen LogP contribution in [0.25, 0.3) is 0 Å². The van der Waals surface area contributed by atoms with E-state index in [2.05, 4.69) is 5.32 Å². The largest absolute Gasteiger partial charge is 0.493 e. The monoisotopic (exact) mass is 507 g/mol. The summed E-state index contributed by atoms with van der Waals surface area (Å²) >= 11 is 0. The van der Waals surface area contributed by atoms with E-state index in [4.69, 9.17) is 9.47 Å². The van der Waals surface area contributed by atoms with Crippen molar-refractivity contribution in [3.8, 4) is 11.5 Å². The van der Waals surface area contributed by atoms with Crippen LogP contribution < -0.4 is 14.8 Å². The molecule has 2 aliphatic rings. The summed E-state index contributed by atoms with van der Waals surface area (Å²) < 4.78 is 10.5. The molecule has 0 spiro atoms. The van der Waals surface area contributed by atoms with Crippen molar-refractivity contribution in [1.29, 1.82) is 0 Å². The third-order valence-electron chi connectivity index (χ3n) is 6.86. The van der Waals surface area contributed by atoms with Crippen LogP contribution in [0.3, 0.4) is 0 Å². The van der Waals surface area contributed by atoms with Gasteiger partial charge < -0.3 is 19.7 Å². The highest BCUT2D eigenvalue weighted by Crippen LogP contribution is 2.28. The molecule has 196 valence electrons. The Morgan fingerprint density at radius 2 is 1.57 bits per heavy atom. The van der Waals surface area contributed by atoms with Crippen LogP contribution in [0.1, 0.15) is 68.1 Å². The molecule has 4 amide bonds. The van der Waals surface area contributed by atoms with E-state index in [0.29, 0.717) is 59.9 Å². The third kappa shape index (κ3) is 5.45. The number of amides is 4. The number of imide groups is 1. The molecule has 2 aliphatic heterocycles. The Labute approximate surface area is 216 Å². The number of fused-ring (bicyclic) bond motifs is 1. The minimum Gasteiger partial charge on any atom is -0.493 e. The van der Waals surface area contributed by atoms with E-state index in [1.165, 1.54) is 12.0 Å². The molecule has 37 heavy (non-hydrogen) atoms. The van der Waals surface area contributed by atoms with Gasteiger partial charge in [0.15, 0.2) is 11.5 Å². The normalized spacial score (nSPS) is 15.7. The van der Waals surface area contributed by atoms with Crippen molar-refractivity contribution < 1.29 is 28.7 Å². The highest BCUT2D eigenvalue weighted by atomic mass is 16.5. The maximum Gasteiger partial charge on any atom is 0.261 e. The van der Waals surface area contributed by atoms with Crippen molar-refractivity contribution in [3.63, 3.8) is 0 Å². The molecule has 0 unspecified atom stereocenters. The number of rotatable bonds is 8. The first-order valence-corrected chi connectivity index (χ1v) is 12.5. The maximum absolute atomic E-state index is 13.1. The summed E-state index contributed by atoms with van der Waals surface area (Å²) in [6.45, 7) is 5.87. The van der Waals surface area contributed by atoms with Gasteiger partial charge in [-0.05, 0) is 61.1 Å². The van der Waals surface area contributed by atoms with Gasteiger partial charge >= 0.3 is 0 Å². The Hall–Kier alpha value is -3.88. The SMILES string of the molecule is COc1ccc(C(=O)NCC2CCN(C(=O)c3ccc4c(c3)C(=O)N(CC(C)C)C4=O)CC2)cc1OC. The van der Waals surface area contributed by atoms with Crippen molar-refractivity contribution in [2.45, 2.75) is 26.7 Å². The van der Waals surface area contributed by atoms with Crippen LogP contribution in [0.5, 0.6) is 11.5 Å². The van der Waals surface area contributed by atoms with Gasteiger partial charge in [0.25, 0.3) is 23.6 Å². The number of methoxy groups -OCH3 is 2. The molecule has 0 saturated carbocycles. The molecule has 1 N–H and O–H groups in total. The molecule has 1 fully saturated rings. The van der Waals surface area contributed by atoms with E-state index in [-0.39, 0.29) is 35.5 Å². The number of nitrogens with one attached hydrogen (secondary N) is 1. The van der Waals surface area contributed by atoms with E-state index in [9.17, 15) is 19.2 Å². The van der Waals surface area contributed by atoms with Gasteiger partial charge in [0.2, 0.25) is 0 Å².